The molecule has 0 radical (unpaired) electrons. The van der Waals surface area contributed by atoms with Crippen LogP contribution >= 0.6 is 35.0 Å². The van der Waals surface area contributed by atoms with Crippen LogP contribution in [0.4, 0.5) is 0 Å². The molecule has 1 aromatic heterocycles. The van der Waals surface area contributed by atoms with Gasteiger partial charge in [-0.2, -0.15) is 0 Å². The first-order valence-corrected chi connectivity index (χ1v) is 8.61. The summed E-state index contributed by atoms with van der Waals surface area (Å²) in [5, 5.41) is 12.7. The lowest BCUT2D eigenvalue weighted by Crippen LogP contribution is -2.33. The van der Waals surface area contributed by atoms with Crippen LogP contribution in [0.25, 0.3) is 0 Å². The minimum absolute atomic E-state index is 0.172. The molecule has 1 aliphatic rings. The summed E-state index contributed by atoms with van der Waals surface area (Å²) in [6.45, 7) is 0.184. The largest absolute Gasteiger partial charge is 0.483 e. The van der Waals surface area contributed by atoms with Gasteiger partial charge in [0, 0.05) is 5.75 Å². The average Bonchev–Trinajstić information content (AvgIpc) is 3.15. The zero-order valence-electron chi connectivity index (χ0n) is 11.8. The van der Waals surface area contributed by atoms with E-state index in [0.29, 0.717) is 33.1 Å². The summed E-state index contributed by atoms with van der Waals surface area (Å²) < 4.78 is 11.3. The Morgan fingerprint density at radius 3 is 2.74 bits per heavy atom. The van der Waals surface area contributed by atoms with E-state index in [1.165, 1.54) is 11.8 Å². The molecular formula is C15H13Cl2NO4S. The van der Waals surface area contributed by atoms with Crippen molar-refractivity contribution < 1.29 is 19.1 Å². The van der Waals surface area contributed by atoms with E-state index >= 15 is 0 Å². The van der Waals surface area contributed by atoms with Gasteiger partial charge in [0.05, 0.1) is 10.0 Å². The SMILES string of the molecule is O=C(O)[C@H]1CS[C@H](c2ccc(COc3c(Cl)cccc3Cl)o2)N1. The van der Waals surface area contributed by atoms with Crippen molar-refractivity contribution in [1.82, 2.24) is 5.32 Å². The molecule has 3 rings (SSSR count). The number of benzene rings is 1. The van der Waals surface area contributed by atoms with Gasteiger partial charge in [0.1, 0.15) is 29.5 Å². The molecule has 2 aromatic rings. The van der Waals surface area contributed by atoms with Crippen molar-refractivity contribution in [2.75, 3.05) is 5.75 Å². The van der Waals surface area contributed by atoms with E-state index in [2.05, 4.69) is 5.32 Å². The van der Waals surface area contributed by atoms with Gasteiger partial charge in [0.15, 0.2) is 5.75 Å². The molecule has 1 aromatic carbocycles. The standard InChI is InChI=1S/C15H13Cl2NO4S/c16-9-2-1-3-10(17)13(9)21-6-8-4-5-12(22-8)14-18-11(7-23-14)15(19)20/h1-5,11,14,18H,6-7H2,(H,19,20)/t11-,14-/m1/s1. The lowest BCUT2D eigenvalue weighted by molar-refractivity contribution is -0.138. The molecule has 0 saturated carbocycles. The zero-order valence-corrected chi connectivity index (χ0v) is 14.1. The third kappa shape index (κ3) is 3.77. The summed E-state index contributed by atoms with van der Waals surface area (Å²) in [5.41, 5.74) is 0. The lowest BCUT2D eigenvalue weighted by atomic mass is 10.3. The number of hydrogen-bond acceptors (Lipinski definition) is 5. The van der Waals surface area contributed by atoms with E-state index in [-0.39, 0.29) is 12.0 Å². The third-order valence-corrected chi connectivity index (χ3v) is 5.12. The first-order valence-electron chi connectivity index (χ1n) is 6.80. The molecule has 0 bridgehead atoms. The highest BCUT2D eigenvalue weighted by Gasteiger charge is 2.32. The van der Waals surface area contributed by atoms with Crippen LogP contribution in [0.15, 0.2) is 34.7 Å². The maximum atomic E-state index is 11.0. The number of carbonyl (C=O) groups is 1. The molecule has 2 heterocycles. The smallest absolute Gasteiger partial charge is 0.321 e. The highest BCUT2D eigenvalue weighted by atomic mass is 35.5. The van der Waals surface area contributed by atoms with Crippen LogP contribution < -0.4 is 10.1 Å². The quantitative estimate of drug-likeness (QED) is 0.826. The molecule has 1 saturated heterocycles. The monoisotopic (exact) mass is 373 g/mol. The summed E-state index contributed by atoms with van der Waals surface area (Å²) in [6.07, 6.45) is 0. The maximum Gasteiger partial charge on any atom is 0.321 e. The fourth-order valence-corrected chi connectivity index (χ4v) is 3.84. The molecule has 2 atom stereocenters. The maximum absolute atomic E-state index is 11.0. The molecule has 0 spiro atoms. The molecule has 5 nitrogen and oxygen atoms in total. The van der Waals surface area contributed by atoms with Crippen molar-refractivity contribution in [3.8, 4) is 5.75 Å². The second kappa shape index (κ2) is 7.05. The number of rotatable bonds is 5. The Balaban J connectivity index is 1.63. The molecule has 23 heavy (non-hydrogen) atoms. The van der Waals surface area contributed by atoms with Crippen molar-refractivity contribution >= 4 is 40.9 Å². The minimum atomic E-state index is -0.858. The molecule has 1 aliphatic heterocycles. The number of furan rings is 1. The van der Waals surface area contributed by atoms with Crippen LogP contribution in [-0.2, 0) is 11.4 Å². The first-order chi connectivity index (χ1) is 11.0. The van der Waals surface area contributed by atoms with Gasteiger partial charge in [0.25, 0.3) is 0 Å². The number of aliphatic carboxylic acids is 1. The van der Waals surface area contributed by atoms with Crippen molar-refractivity contribution in [3.63, 3.8) is 0 Å². The number of carboxylic acid groups (broad SMARTS) is 1. The molecule has 2 N–H and O–H groups in total. The Morgan fingerprint density at radius 2 is 2.09 bits per heavy atom. The summed E-state index contributed by atoms with van der Waals surface area (Å²) >= 11 is 13.6. The molecule has 0 aliphatic carbocycles. The van der Waals surface area contributed by atoms with Gasteiger partial charge >= 0.3 is 5.97 Å². The van der Waals surface area contributed by atoms with Crippen molar-refractivity contribution in [2.45, 2.75) is 18.0 Å². The van der Waals surface area contributed by atoms with Crippen molar-refractivity contribution in [3.05, 3.63) is 51.9 Å². The van der Waals surface area contributed by atoms with Gasteiger partial charge in [-0.1, -0.05) is 29.3 Å². The molecule has 0 unspecified atom stereocenters. The Kier molecular flexibility index (Phi) is 5.06. The van der Waals surface area contributed by atoms with E-state index in [1.54, 1.807) is 24.3 Å². The van der Waals surface area contributed by atoms with Gasteiger partial charge in [-0.3, -0.25) is 10.1 Å². The third-order valence-electron chi connectivity index (χ3n) is 3.30. The van der Waals surface area contributed by atoms with Gasteiger partial charge in [-0.05, 0) is 24.3 Å². The number of carboxylic acids is 1. The summed E-state index contributed by atoms with van der Waals surface area (Å²) in [7, 11) is 0. The van der Waals surface area contributed by atoms with Crippen LogP contribution in [0.2, 0.25) is 10.0 Å². The van der Waals surface area contributed by atoms with Crippen LogP contribution in [0.3, 0.4) is 0 Å². The Bertz CT molecular complexity index is 701. The van der Waals surface area contributed by atoms with Gasteiger partial charge < -0.3 is 14.3 Å². The zero-order chi connectivity index (χ0) is 16.4. The Hall–Kier alpha value is -1.34. The van der Waals surface area contributed by atoms with Crippen molar-refractivity contribution in [1.29, 1.82) is 0 Å². The Morgan fingerprint density at radius 1 is 1.35 bits per heavy atom. The van der Waals surface area contributed by atoms with Crippen LogP contribution in [0, 0.1) is 0 Å². The predicted octanol–water partition coefficient (Wildman–Crippen LogP) is 3.95. The van der Waals surface area contributed by atoms with Crippen LogP contribution in [0.1, 0.15) is 16.9 Å². The van der Waals surface area contributed by atoms with E-state index in [9.17, 15) is 4.79 Å². The number of nitrogens with one attached hydrogen (secondary N) is 1. The molecular weight excluding hydrogens is 361 g/mol. The Labute approximate surface area is 146 Å². The second-order valence-corrected chi connectivity index (χ2v) is 6.87. The van der Waals surface area contributed by atoms with E-state index < -0.39 is 12.0 Å². The number of hydrogen-bond donors (Lipinski definition) is 2. The van der Waals surface area contributed by atoms with E-state index in [4.69, 9.17) is 37.5 Å². The van der Waals surface area contributed by atoms with Crippen LogP contribution in [-0.4, -0.2) is 22.9 Å². The normalized spacial score (nSPS) is 20.6. The summed E-state index contributed by atoms with van der Waals surface area (Å²) in [5.74, 6) is 1.33. The highest BCUT2D eigenvalue weighted by Crippen LogP contribution is 2.35. The minimum Gasteiger partial charge on any atom is -0.483 e. The number of para-hydroxylation sites is 1. The van der Waals surface area contributed by atoms with E-state index in [0.717, 1.165) is 0 Å². The van der Waals surface area contributed by atoms with Crippen molar-refractivity contribution in [2.24, 2.45) is 0 Å². The first kappa shape index (κ1) is 16.5. The average molecular weight is 374 g/mol. The van der Waals surface area contributed by atoms with Gasteiger partial charge in [-0.25, -0.2) is 0 Å². The number of ether oxygens (including phenoxy) is 1. The number of halogens is 2. The molecule has 122 valence electrons. The number of thioether (sulfide) groups is 1. The topological polar surface area (TPSA) is 71.7 Å². The molecule has 8 heteroatoms. The van der Waals surface area contributed by atoms with Gasteiger partial charge in [-0.15, -0.1) is 11.8 Å². The summed E-state index contributed by atoms with van der Waals surface area (Å²) in [6, 6.07) is 8.17. The predicted molar refractivity (Wildman–Crippen MR) is 89.3 cm³/mol. The molecule has 0 amide bonds. The fourth-order valence-electron chi connectivity index (χ4n) is 2.15. The lowest BCUT2D eigenvalue weighted by Gasteiger charge is -2.09. The van der Waals surface area contributed by atoms with Crippen LogP contribution in [0.5, 0.6) is 5.75 Å². The molecule has 1 fully saturated rings. The van der Waals surface area contributed by atoms with Gasteiger partial charge in [0.2, 0.25) is 0 Å². The summed E-state index contributed by atoms with van der Waals surface area (Å²) in [4.78, 5) is 11.0. The second-order valence-electron chi connectivity index (χ2n) is 4.91. The fraction of sp³-hybridized carbons (Fsp3) is 0.267. The van der Waals surface area contributed by atoms with E-state index in [1.807, 2.05) is 6.07 Å². The highest BCUT2D eigenvalue weighted by molar-refractivity contribution is 7.99.